The van der Waals surface area contributed by atoms with E-state index < -0.39 is 11.9 Å². The zero-order valence-electron chi connectivity index (χ0n) is 12.5. The summed E-state index contributed by atoms with van der Waals surface area (Å²) in [5.74, 6) is -0.938. The van der Waals surface area contributed by atoms with Gasteiger partial charge in [-0.15, -0.1) is 0 Å². The van der Waals surface area contributed by atoms with E-state index in [1.807, 2.05) is 6.07 Å². The van der Waals surface area contributed by atoms with E-state index >= 15 is 0 Å². The van der Waals surface area contributed by atoms with E-state index in [-0.39, 0.29) is 31.3 Å². The van der Waals surface area contributed by atoms with Crippen molar-refractivity contribution < 1.29 is 23.9 Å². The fourth-order valence-corrected chi connectivity index (χ4v) is 2.34. The van der Waals surface area contributed by atoms with Crippen LogP contribution in [0.25, 0.3) is 0 Å². The standard InChI is InChI=1S/C15H18N2O5/c1-21-12-6-4-3-5-11(12)17-9-10(7-13(17)18)15(20)16-8-14(19)22-2/h3-6,10H,7-9H2,1-2H3,(H,16,20)/t10-/m0/s1. The minimum absolute atomic E-state index is 0.102. The number of ether oxygens (including phenoxy) is 2. The molecule has 0 bridgehead atoms. The van der Waals surface area contributed by atoms with Crippen molar-refractivity contribution in [2.75, 3.05) is 32.2 Å². The summed E-state index contributed by atoms with van der Waals surface area (Å²) >= 11 is 0. The highest BCUT2D eigenvalue weighted by atomic mass is 16.5. The van der Waals surface area contributed by atoms with Crippen LogP contribution in [-0.4, -0.2) is 45.1 Å². The monoisotopic (exact) mass is 306 g/mol. The molecule has 1 atom stereocenters. The molecule has 118 valence electrons. The van der Waals surface area contributed by atoms with Gasteiger partial charge in [-0.25, -0.2) is 0 Å². The average molecular weight is 306 g/mol. The number of nitrogens with one attached hydrogen (secondary N) is 1. The number of anilines is 1. The molecule has 1 N–H and O–H groups in total. The van der Waals surface area contributed by atoms with Gasteiger partial charge in [0.05, 0.1) is 25.8 Å². The van der Waals surface area contributed by atoms with Crippen molar-refractivity contribution in [3.05, 3.63) is 24.3 Å². The van der Waals surface area contributed by atoms with E-state index in [1.165, 1.54) is 19.1 Å². The fraction of sp³-hybridized carbons (Fsp3) is 0.400. The molecule has 7 nitrogen and oxygen atoms in total. The van der Waals surface area contributed by atoms with Crippen molar-refractivity contribution in [2.45, 2.75) is 6.42 Å². The molecule has 0 aliphatic carbocycles. The summed E-state index contributed by atoms with van der Waals surface area (Å²) in [6.07, 6.45) is 0.102. The molecule has 1 aliphatic heterocycles. The number of benzene rings is 1. The molecule has 0 unspecified atom stereocenters. The lowest BCUT2D eigenvalue weighted by molar-refractivity contribution is -0.141. The van der Waals surface area contributed by atoms with Crippen LogP contribution in [0.2, 0.25) is 0 Å². The van der Waals surface area contributed by atoms with Crippen LogP contribution in [0.4, 0.5) is 5.69 Å². The molecule has 1 aromatic rings. The number of nitrogens with zero attached hydrogens (tertiary/aromatic N) is 1. The smallest absolute Gasteiger partial charge is 0.325 e. The van der Waals surface area contributed by atoms with E-state index in [0.29, 0.717) is 11.4 Å². The van der Waals surface area contributed by atoms with Crippen LogP contribution in [0.1, 0.15) is 6.42 Å². The number of esters is 1. The van der Waals surface area contributed by atoms with Crippen LogP contribution in [0, 0.1) is 5.92 Å². The number of rotatable bonds is 5. The summed E-state index contributed by atoms with van der Waals surface area (Å²) in [5.41, 5.74) is 0.637. The van der Waals surface area contributed by atoms with Gasteiger partial charge in [-0.2, -0.15) is 0 Å². The molecular formula is C15H18N2O5. The number of amides is 2. The molecule has 7 heteroatoms. The fourth-order valence-electron chi connectivity index (χ4n) is 2.34. The molecule has 0 radical (unpaired) electrons. The van der Waals surface area contributed by atoms with Crippen molar-refractivity contribution in [1.82, 2.24) is 5.32 Å². The van der Waals surface area contributed by atoms with Gasteiger partial charge in [-0.1, -0.05) is 12.1 Å². The zero-order valence-corrected chi connectivity index (χ0v) is 12.5. The molecule has 0 saturated carbocycles. The van der Waals surface area contributed by atoms with Crippen molar-refractivity contribution >= 4 is 23.5 Å². The summed E-state index contributed by atoms with van der Waals surface area (Å²) < 4.78 is 9.70. The number of hydrogen-bond acceptors (Lipinski definition) is 5. The van der Waals surface area contributed by atoms with E-state index in [2.05, 4.69) is 10.1 Å². The number of para-hydroxylation sites is 2. The third-order valence-corrected chi connectivity index (χ3v) is 3.51. The van der Waals surface area contributed by atoms with Gasteiger partial charge in [0.2, 0.25) is 11.8 Å². The highest BCUT2D eigenvalue weighted by molar-refractivity contribution is 6.01. The van der Waals surface area contributed by atoms with Crippen LogP contribution in [0.5, 0.6) is 5.75 Å². The molecule has 1 fully saturated rings. The maximum absolute atomic E-state index is 12.2. The lowest BCUT2D eigenvalue weighted by Gasteiger charge is -2.19. The van der Waals surface area contributed by atoms with E-state index in [0.717, 1.165) is 0 Å². The normalized spacial score (nSPS) is 17.3. The van der Waals surface area contributed by atoms with Gasteiger partial charge >= 0.3 is 5.97 Å². The molecule has 1 heterocycles. The van der Waals surface area contributed by atoms with Crippen LogP contribution in [0.15, 0.2) is 24.3 Å². The Morgan fingerprint density at radius 1 is 1.32 bits per heavy atom. The van der Waals surface area contributed by atoms with Crippen LogP contribution in [-0.2, 0) is 19.1 Å². The van der Waals surface area contributed by atoms with Gasteiger partial charge in [0.1, 0.15) is 12.3 Å². The molecule has 0 spiro atoms. The lowest BCUT2D eigenvalue weighted by atomic mass is 10.1. The number of methoxy groups -OCH3 is 2. The van der Waals surface area contributed by atoms with Gasteiger partial charge in [0, 0.05) is 13.0 Å². The van der Waals surface area contributed by atoms with Gasteiger partial charge in [0.15, 0.2) is 0 Å². The summed E-state index contributed by atoms with van der Waals surface area (Å²) in [6.45, 7) is 0.0564. The van der Waals surface area contributed by atoms with Crippen molar-refractivity contribution in [3.8, 4) is 5.75 Å². The van der Waals surface area contributed by atoms with Crippen molar-refractivity contribution in [3.63, 3.8) is 0 Å². The third-order valence-electron chi connectivity index (χ3n) is 3.51. The van der Waals surface area contributed by atoms with Gasteiger partial charge < -0.3 is 19.7 Å². The van der Waals surface area contributed by atoms with Gasteiger partial charge in [-0.05, 0) is 12.1 Å². The number of carbonyl (C=O) groups excluding carboxylic acids is 3. The first-order valence-electron chi connectivity index (χ1n) is 6.84. The average Bonchev–Trinajstić information content (AvgIpc) is 2.93. The Hall–Kier alpha value is -2.57. The first-order chi connectivity index (χ1) is 10.6. The second-order valence-electron chi connectivity index (χ2n) is 4.87. The molecule has 1 saturated heterocycles. The molecule has 1 aromatic carbocycles. The molecule has 2 amide bonds. The largest absolute Gasteiger partial charge is 0.495 e. The minimum atomic E-state index is -0.528. The molecule has 2 rings (SSSR count). The molecule has 22 heavy (non-hydrogen) atoms. The van der Waals surface area contributed by atoms with E-state index in [9.17, 15) is 14.4 Å². The second-order valence-corrected chi connectivity index (χ2v) is 4.87. The Morgan fingerprint density at radius 2 is 2.05 bits per heavy atom. The lowest BCUT2D eigenvalue weighted by Crippen LogP contribution is -2.36. The predicted octanol–water partition coefficient (Wildman–Crippen LogP) is 0.337. The van der Waals surface area contributed by atoms with E-state index in [1.54, 1.807) is 18.2 Å². The maximum Gasteiger partial charge on any atom is 0.325 e. The minimum Gasteiger partial charge on any atom is -0.495 e. The van der Waals surface area contributed by atoms with Crippen molar-refractivity contribution in [1.29, 1.82) is 0 Å². The Balaban J connectivity index is 2.04. The Bertz CT molecular complexity index is 587. The summed E-state index contributed by atoms with van der Waals surface area (Å²) in [6, 6.07) is 7.14. The summed E-state index contributed by atoms with van der Waals surface area (Å²) in [5, 5.41) is 2.47. The van der Waals surface area contributed by atoms with Crippen LogP contribution in [0.3, 0.4) is 0 Å². The van der Waals surface area contributed by atoms with Gasteiger partial charge in [0.25, 0.3) is 0 Å². The SMILES string of the molecule is COC(=O)CNC(=O)[C@H]1CC(=O)N(c2ccccc2OC)C1. The zero-order chi connectivity index (χ0) is 16.1. The quantitative estimate of drug-likeness (QED) is 0.793. The Morgan fingerprint density at radius 3 is 2.73 bits per heavy atom. The molecule has 0 aromatic heterocycles. The summed E-state index contributed by atoms with van der Waals surface area (Å²) in [4.78, 5) is 36.7. The number of hydrogen-bond donors (Lipinski definition) is 1. The Kier molecular flexibility index (Phi) is 4.98. The topological polar surface area (TPSA) is 84.9 Å². The van der Waals surface area contributed by atoms with E-state index in [4.69, 9.17) is 4.74 Å². The first-order valence-corrected chi connectivity index (χ1v) is 6.84. The highest BCUT2D eigenvalue weighted by Crippen LogP contribution is 2.32. The van der Waals surface area contributed by atoms with Crippen molar-refractivity contribution in [2.24, 2.45) is 5.92 Å². The van der Waals surface area contributed by atoms with Crippen LogP contribution < -0.4 is 15.0 Å². The Labute approximate surface area is 128 Å². The summed E-state index contributed by atoms with van der Waals surface area (Å²) in [7, 11) is 2.77. The second kappa shape index (κ2) is 6.93. The third kappa shape index (κ3) is 3.36. The molecule has 1 aliphatic rings. The van der Waals surface area contributed by atoms with Gasteiger partial charge in [-0.3, -0.25) is 14.4 Å². The van der Waals surface area contributed by atoms with Crippen LogP contribution >= 0.6 is 0 Å². The highest BCUT2D eigenvalue weighted by Gasteiger charge is 2.36. The number of carbonyl (C=O) groups is 3. The maximum atomic E-state index is 12.2. The predicted molar refractivity (Wildman–Crippen MR) is 78.5 cm³/mol. The molecular weight excluding hydrogens is 288 g/mol. The first kappa shape index (κ1) is 15.8.